The van der Waals surface area contributed by atoms with Crippen molar-refractivity contribution in [2.75, 3.05) is 13.1 Å². The minimum Gasteiger partial charge on any atom is -0.472 e. The van der Waals surface area contributed by atoms with E-state index >= 15 is 0 Å². The number of halogens is 2. The number of carbonyl (C=O) groups is 2. The summed E-state index contributed by atoms with van der Waals surface area (Å²) < 4.78 is 32.2. The van der Waals surface area contributed by atoms with Crippen LogP contribution >= 0.6 is 0 Å². The molecule has 2 amide bonds. The van der Waals surface area contributed by atoms with Crippen LogP contribution in [0.25, 0.3) is 0 Å². The number of likely N-dealkylation sites (tertiary alicyclic amines) is 1. The fourth-order valence-electron chi connectivity index (χ4n) is 3.74. The zero-order valence-electron chi connectivity index (χ0n) is 15.4. The molecule has 0 unspecified atom stereocenters. The normalized spacial score (nSPS) is 17.6. The van der Waals surface area contributed by atoms with Gasteiger partial charge >= 0.3 is 0 Å². The number of rotatable bonds is 5. The summed E-state index contributed by atoms with van der Waals surface area (Å²) >= 11 is 0. The summed E-state index contributed by atoms with van der Waals surface area (Å²) in [6, 6.07) is 5.23. The van der Waals surface area contributed by atoms with Crippen LogP contribution in [0.2, 0.25) is 0 Å². The maximum absolute atomic E-state index is 14.0. The average Bonchev–Trinajstić information content (AvgIpc) is 3.39. The maximum atomic E-state index is 14.0. The van der Waals surface area contributed by atoms with Crippen LogP contribution in [0, 0.1) is 17.6 Å². The summed E-state index contributed by atoms with van der Waals surface area (Å²) in [5.74, 6) is -1.52. The van der Waals surface area contributed by atoms with E-state index in [1.807, 2.05) is 0 Å². The Bertz CT molecular complexity index is 857. The number of piperidine rings is 1. The Hall–Kier alpha value is -2.70. The Balaban J connectivity index is 1.39. The van der Waals surface area contributed by atoms with E-state index in [4.69, 9.17) is 4.42 Å². The first-order valence-corrected chi connectivity index (χ1v) is 9.59. The van der Waals surface area contributed by atoms with Gasteiger partial charge in [-0.15, -0.1) is 0 Å². The Labute approximate surface area is 161 Å². The van der Waals surface area contributed by atoms with E-state index in [9.17, 15) is 18.4 Å². The molecule has 28 heavy (non-hydrogen) atoms. The fourth-order valence-corrected chi connectivity index (χ4v) is 3.74. The van der Waals surface area contributed by atoms with Crippen LogP contribution in [0.3, 0.4) is 0 Å². The lowest BCUT2D eigenvalue weighted by molar-refractivity contribution is -0.138. The number of nitrogens with zero attached hydrogens (tertiary/aromatic N) is 2. The minimum atomic E-state index is -0.626. The number of amides is 2. The zero-order valence-corrected chi connectivity index (χ0v) is 15.4. The van der Waals surface area contributed by atoms with E-state index in [-0.39, 0.29) is 30.3 Å². The van der Waals surface area contributed by atoms with Gasteiger partial charge in [0.25, 0.3) is 5.91 Å². The standard InChI is InChI=1S/C21H22F2N2O3/c22-17-2-1-15(19(23)11-17)12-25(18-3-4-18)21(27)14-5-8-24(9-6-14)20(26)16-7-10-28-13-16/h1-2,7,10-11,13-14,18H,3-6,8-9,12H2. The van der Waals surface area contributed by atoms with Crippen LogP contribution in [0.1, 0.15) is 41.6 Å². The highest BCUT2D eigenvalue weighted by atomic mass is 19.1. The number of hydrogen-bond donors (Lipinski definition) is 0. The highest BCUT2D eigenvalue weighted by Gasteiger charge is 2.37. The molecule has 1 saturated carbocycles. The van der Waals surface area contributed by atoms with Gasteiger partial charge in [-0.3, -0.25) is 9.59 Å². The van der Waals surface area contributed by atoms with Gasteiger partial charge in [0, 0.05) is 43.2 Å². The average molecular weight is 388 g/mol. The van der Waals surface area contributed by atoms with Crippen molar-refractivity contribution in [2.24, 2.45) is 5.92 Å². The van der Waals surface area contributed by atoms with Gasteiger partial charge in [-0.25, -0.2) is 8.78 Å². The molecule has 1 aromatic heterocycles. The van der Waals surface area contributed by atoms with Crippen molar-refractivity contribution in [3.63, 3.8) is 0 Å². The van der Waals surface area contributed by atoms with E-state index in [2.05, 4.69) is 0 Å². The molecule has 0 bridgehead atoms. The maximum Gasteiger partial charge on any atom is 0.257 e. The summed E-state index contributed by atoms with van der Waals surface area (Å²) in [6.07, 6.45) is 5.87. The van der Waals surface area contributed by atoms with Gasteiger partial charge in [-0.2, -0.15) is 0 Å². The van der Waals surface area contributed by atoms with Crippen molar-refractivity contribution in [2.45, 2.75) is 38.3 Å². The molecule has 2 fully saturated rings. The molecule has 0 spiro atoms. The van der Waals surface area contributed by atoms with Crippen molar-refractivity contribution in [3.8, 4) is 0 Å². The SMILES string of the molecule is O=C(c1ccoc1)N1CCC(C(=O)N(Cc2ccc(F)cc2F)C2CC2)CC1. The van der Waals surface area contributed by atoms with Gasteiger partial charge < -0.3 is 14.2 Å². The molecule has 0 atom stereocenters. The molecule has 148 valence electrons. The van der Waals surface area contributed by atoms with Crippen LogP contribution in [-0.2, 0) is 11.3 Å². The molecule has 1 aliphatic carbocycles. The van der Waals surface area contributed by atoms with Crippen LogP contribution in [0.5, 0.6) is 0 Å². The molecule has 1 aliphatic heterocycles. The Morgan fingerprint density at radius 2 is 1.86 bits per heavy atom. The third-order valence-corrected chi connectivity index (χ3v) is 5.53. The Kier molecular flexibility index (Phi) is 5.15. The lowest BCUT2D eigenvalue weighted by atomic mass is 9.94. The molecule has 5 nitrogen and oxygen atoms in total. The molecule has 2 aromatic rings. The number of hydrogen-bond acceptors (Lipinski definition) is 3. The van der Waals surface area contributed by atoms with Crippen LogP contribution in [0.15, 0.2) is 41.2 Å². The monoisotopic (exact) mass is 388 g/mol. The van der Waals surface area contributed by atoms with Crippen molar-refractivity contribution in [3.05, 3.63) is 59.6 Å². The molecule has 2 heterocycles. The molecule has 2 aliphatic rings. The lowest BCUT2D eigenvalue weighted by Crippen LogP contribution is -2.45. The second-order valence-corrected chi connectivity index (χ2v) is 7.51. The van der Waals surface area contributed by atoms with Crippen molar-refractivity contribution in [1.82, 2.24) is 9.80 Å². The molecule has 0 N–H and O–H groups in total. The lowest BCUT2D eigenvalue weighted by Gasteiger charge is -2.34. The fraction of sp³-hybridized carbons (Fsp3) is 0.429. The molecular formula is C21H22F2N2O3. The number of benzene rings is 1. The summed E-state index contributed by atoms with van der Waals surface area (Å²) in [4.78, 5) is 28.9. The molecule has 1 aromatic carbocycles. The largest absolute Gasteiger partial charge is 0.472 e. The van der Waals surface area contributed by atoms with E-state index in [1.165, 1.54) is 24.7 Å². The summed E-state index contributed by atoms with van der Waals surface area (Å²) in [5.41, 5.74) is 0.838. The third-order valence-electron chi connectivity index (χ3n) is 5.53. The first kappa shape index (κ1) is 18.7. The predicted molar refractivity (Wildman–Crippen MR) is 97.3 cm³/mol. The van der Waals surface area contributed by atoms with Crippen molar-refractivity contribution >= 4 is 11.8 Å². The van der Waals surface area contributed by atoms with Crippen molar-refractivity contribution in [1.29, 1.82) is 0 Å². The van der Waals surface area contributed by atoms with E-state index in [1.54, 1.807) is 15.9 Å². The first-order valence-electron chi connectivity index (χ1n) is 9.59. The van der Waals surface area contributed by atoms with Gasteiger partial charge in [0.05, 0.1) is 11.8 Å². The second-order valence-electron chi connectivity index (χ2n) is 7.51. The topological polar surface area (TPSA) is 53.8 Å². The molecule has 1 saturated heterocycles. The quantitative estimate of drug-likeness (QED) is 0.787. The van der Waals surface area contributed by atoms with Gasteiger partial charge in [-0.1, -0.05) is 6.07 Å². The highest BCUT2D eigenvalue weighted by Crippen LogP contribution is 2.32. The Morgan fingerprint density at radius 3 is 2.46 bits per heavy atom. The van der Waals surface area contributed by atoms with Gasteiger partial charge in [-0.05, 0) is 37.8 Å². The minimum absolute atomic E-state index is 0.00151. The molecular weight excluding hydrogens is 366 g/mol. The molecule has 7 heteroatoms. The van der Waals surface area contributed by atoms with E-state index in [0.29, 0.717) is 37.1 Å². The summed E-state index contributed by atoms with van der Waals surface area (Å²) in [7, 11) is 0. The molecule has 0 radical (unpaired) electrons. The van der Waals surface area contributed by atoms with Crippen LogP contribution in [0.4, 0.5) is 8.78 Å². The summed E-state index contributed by atoms with van der Waals surface area (Å²) in [6.45, 7) is 1.16. The smallest absolute Gasteiger partial charge is 0.257 e. The van der Waals surface area contributed by atoms with Gasteiger partial charge in [0.2, 0.25) is 5.91 Å². The highest BCUT2D eigenvalue weighted by molar-refractivity contribution is 5.94. The van der Waals surface area contributed by atoms with E-state index in [0.717, 1.165) is 18.9 Å². The van der Waals surface area contributed by atoms with Gasteiger partial charge in [0.1, 0.15) is 17.9 Å². The first-order chi connectivity index (χ1) is 13.5. The van der Waals surface area contributed by atoms with Crippen molar-refractivity contribution < 1.29 is 22.8 Å². The third kappa shape index (κ3) is 3.93. The predicted octanol–water partition coefficient (Wildman–Crippen LogP) is 3.60. The number of furan rings is 1. The number of carbonyl (C=O) groups excluding carboxylic acids is 2. The Morgan fingerprint density at radius 1 is 1.11 bits per heavy atom. The van der Waals surface area contributed by atoms with Gasteiger partial charge in [0.15, 0.2) is 0 Å². The second kappa shape index (κ2) is 7.73. The zero-order chi connectivity index (χ0) is 19.7. The summed E-state index contributed by atoms with van der Waals surface area (Å²) in [5, 5.41) is 0. The van der Waals surface area contributed by atoms with E-state index < -0.39 is 11.6 Å². The van der Waals surface area contributed by atoms with Crippen LogP contribution < -0.4 is 0 Å². The molecule has 4 rings (SSSR count). The van der Waals surface area contributed by atoms with Crippen LogP contribution in [-0.4, -0.2) is 40.7 Å².